The molecular weight excluding hydrogens is 390 g/mol. The van der Waals surface area contributed by atoms with E-state index in [2.05, 4.69) is 17.2 Å². The number of aromatic nitrogens is 2. The third-order valence-electron chi connectivity index (χ3n) is 6.30. The van der Waals surface area contributed by atoms with Gasteiger partial charge < -0.3 is 14.4 Å². The predicted octanol–water partition coefficient (Wildman–Crippen LogP) is 3.77. The fourth-order valence-electron chi connectivity index (χ4n) is 4.54. The SMILES string of the molecule is COc1cc2c(cc1OC)C(c1ccccc1)N(C(=O)Cc1c(C)nn(C)c1C)CC2. The van der Waals surface area contributed by atoms with Gasteiger partial charge in [-0.25, -0.2) is 0 Å². The molecule has 0 radical (unpaired) electrons. The van der Waals surface area contributed by atoms with Crippen molar-refractivity contribution in [3.8, 4) is 11.5 Å². The number of carbonyl (C=O) groups is 1. The number of methoxy groups -OCH3 is 2. The van der Waals surface area contributed by atoms with E-state index >= 15 is 0 Å². The summed E-state index contributed by atoms with van der Waals surface area (Å²) in [5, 5.41) is 4.48. The average molecular weight is 420 g/mol. The van der Waals surface area contributed by atoms with Gasteiger partial charge >= 0.3 is 0 Å². The van der Waals surface area contributed by atoms with Crippen LogP contribution in [-0.4, -0.2) is 41.4 Å². The first-order chi connectivity index (χ1) is 14.9. The molecule has 0 bridgehead atoms. The lowest BCUT2D eigenvalue weighted by molar-refractivity contribution is -0.132. The molecule has 2 heterocycles. The van der Waals surface area contributed by atoms with Crippen LogP contribution >= 0.6 is 0 Å². The van der Waals surface area contributed by atoms with Crippen molar-refractivity contribution < 1.29 is 14.3 Å². The van der Waals surface area contributed by atoms with Crippen molar-refractivity contribution in [1.29, 1.82) is 0 Å². The predicted molar refractivity (Wildman–Crippen MR) is 120 cm³/mol. The highest BCUT2D eigenvalue weighted by atomic mass is 16.5. The first-order valence-electron chi connectivity index (χ1n) is 10.5. The number of rotatable bonds is 5. The van der Waals surface area contributed by atoms with Gasteiger partial charge in [0.2, 0.25) is 5.91 Å². The van der Waals surface area contributed by atoms with Crippen LogP contribution in [0.4, 0.5) is 0 Å². The molecule has 0 fully saturated rings. The van der Waals surface area contributed by atoms with Gasteiger partial charge in [-0.2, -0.15) is 5.10 Å². The molecule has 6 nitrogen and oxygen atoms in total. The molecule has 2 aromatic carbocycles. The maximum atomic E-state index is 13.6. The smallest absolute Gasteiger partial charge is 0.227 e. The first-order valence-corrected chi connectivity index (χ1v) is 10.5. The van der Waals surface area contributed by atoms with Crippen molar-refractivity contribution in [3.63, 3.8) is 0 Å². The zero-order valence-electron chi connectivity index (χ0n) is 18.8. The van der Waals surface area contributed by atoms with Crippen molar-refractivity contribution in [2.24, 2.45) is 7.05 Å². The topological polar surface area (TPSA) is 56.6 Å². The van der Waals surface area contributed by atoms with E-state index in [0.29, 0.717) is 18.7 Å². The summed E-state index contributed by atoms with van der Waals surface area (Å²) in [6.07, 6.45) is 1.12. The van der Waals surface area contributed by atoms with Crippen LogP contribution in [0, 0.1) is 13.8 Å². The number of fused-ring (bicyclic) bond motifs is 1. The van der Waals surface area contributed by atoms with Crippen molar-refractivity contribution in [2.45, 2.75) is 32.7 Å². The summed E-state index contributed by atoms with van der Waals surface area (Å²) in [6, 6.07) is 14.1. The minimum atomic E-state index is -0.172. The number of aryl methyl sites for hydroxylation is 2. The van der Waals surface area contributed by atoms with Gasteiger partial charge in [-0.15, -0.1) is 0 Å². The van der Waals surface area contributed by atoms with E-state index in [1.807, 2.05) is 60.8 Å². The molecule has 4 rings (SSSR count). The number of hydrogen-bond donors (Lipinski definition) is 0. The van der Waals surface area contributed by atoms with Gasteiger partial charge in [0.1, 0.15) is 0 Å². The molecule has 0 aliphatic carbocycles. The van der Waals surface area contributed by atoms with E-state index in [-0.39, 0.29) is 11.9 Å². The number of amides is 1. The summed E-state index contributed by atoms with van der Waals surface area (Å²) in [5.74, 6) is 1.50. The fraction of sp³-hybridized carbons (Fsp3) is 0.360. The Morgan fingerprint density at radius 1 is 1.10 bits per heavy atom. The summed E-state index contributed by atoms with van der Waals surface area (Å²) in [7, 11) is 5.21. The molecule has 1 unspecified atom stereocenters. The Morgan fingerprint density at radius 2 is 1.77 bits per heavy atom. The standard InChI is InChI=1S/C25H29N3O3/c1-16-20(17(2)27(3)26-16)15-24(29)28-12-11-19-13-22(30-4)23(31-5)14-21(19)25(28)18-9-7-6-8-10-18/h6-10,13-14,25H,11-12,15H2,1-5H3. The lowest BCUT2D eigenvalue weighted by Gasteiger charge is -2.38. The Bertz CT molecular complexity index is 1100. The molecular formula is C25H29N3O3. The molecule has 6 heteroatoms. The van der Waals surface area contributed by atoms with Crippen molar-refractivity contribution in [3.05, 3.63) is 76.1 Å². The number of benzene rings is 2. The number of ether oxygens (including phenoxy) is 2. The molecule has 162 valence electrons. The van der Waals surface area contributed by atoms with E-state index in [0.717, 1.165) is 40.2 Å². The van der Waals surface area contributed by atoms with E-state index in [4.69, 9.17) is 9.47 Å². The van der Waals surface area contributed by atoms with Gasteiger partial charge in [0.05, 0.1) is 32.4 Å². The van der Waals surface area contributed by atoms with Crippen molar-refractivity contribution >= 4 is 5.91 Å². The van der Waals surface area contributed by atoms with Gasteiger partial charge in [0.15, 0.2) is 11.5 Å². The maximum absolute atomic E-state index is 13.6. The van der Waals surface area contributed by atoms with Gasteiger partial charge in [0.25, 0.3) is 0 Å². The summed E-state index contributed by atoms with van der Waals surface area (Å²) in [4.78, 5) is 15.6. The molecule has 1 aliphatic heterocycles. The second kappa shape index (κ2) is 8.46. The molecule has 1 amide bonds. The van der Waals surface area contributed by atoms with Gasteiger partial charge in [-0.1, -0.05) is 30.3 Å². The second-order valence-corrected chi connectivity index (χ2v) is 8.01. The van der Waals surface area contributed by atoms with Gasteiger partial charge in [-0.3, -0.25) is 9.48 Å². The highest BCUT2D eigenvalue weighted by molar-refractivity contribution is 5.81. The average Bonchev–Trinajstić information content (AvgIpc) is 3.03. The van der Waals surface area contributed by atoms with Crippen molar-refractivity contribution in [2.75, 3.05) is 20.8 Å². The highest BCUT2D eigenvalue weighted by Gasteiger charge is 2.33. The Kier molecular flexibility index (Phi) is 5.72. The molecule has 31 heavy (non-hydrogen) atoms. The quantitative estimate of drug-likeness (QED) is 0.632. The first kappa shape index (κ1) is 21.0. The molecule has 0 N–H and O–H groups in total. The van der Waals surface area contributed by atoms with Crippen LogP contribution in [0.2, 0.25) is 0 Å². The van der Waals surface area contributed by atoms with Crippen LogP contribution in [0.3, 0.4) is 0 Å². The summed E-state index contributed by atoms with van der Waals surface area (Å²) < 4.78 is 12.9. The van der Waals surface area contributed by atoms with Crippen LogP contribution in [-0.2, 0) is 24.7 Å². The Hall–Kier alpha value is -3.28. The Labute approximate surface area is 183 Å². The van der Waals surface area contributed by atoms with Crippen LogP contribution in [0.5, 0.6) is 11.5 Å². The van der Waals surface area contributed by atoms with E-state index in [9.17, 15) is 4.79 Å². The third-order valence-corrected chi connectivity index (χ3v) is 6.30. The Morgan fingerprint density at radius 3 is 2.39 bits per heavy atom. The maximum Gasteiger partial charge on any atom is 0.227 e. The molecule has 3 aromatic rings. The van der Waals surface area contributed by atoms with Gasteiger partial charge in [0, 0.05) is 24.8 Å². The number of nitrogens with zero attached hydrogens (tertiary/aromatic N) is 3. The summed E-state index contributed by atoms with van der Waals surface area (Å²) >= 11 is 0. The van der Waals surface area contributed by atoms with Crippen molar-refractivity contribution in [1.82, 2.24) is 14.7 Å². The van der Waals surface area contributed by atoms with Crippen LogP contribution in [0.15, 0.2) is 42.5 Å². The summed E-state index contributed by atoms with van der Waals surface area (Å²) in [5.41, 5.74) is 6.31. The number of carbonyl (C=O) groups excluding carboxylic acids is 1. The fourth-order valence-corrected chi connectivity index (χ4v) is 4.54. The zero-order chi connectivity index (χ0) is 22.1. The highest BCUT2D eigenvalue weighted by Crippen LogP contribution is 2.41. The van der Waals surface area contributed by atoms with Crippen LogP contribution < -0.4 is 9.47 Å². The lowest BCUT2D eigenvalue weighted by Crippen LogP contribution is -2.41. The molecule has 1 atom stereocenters. The van der Waals surface area contributed by atoms with Crippen LogP contribution in [0.1, 0.15) is 39.7 Å². The van der Waals surface area contributed by atoms with Gasteiger partial charge in [-0.05, 0) is 49.1 Å². The number of hydrogen-bond acceptors (Lipinski definition) is 4. The molecule has 0 saturated carbocycles. The molecule has 0 spiro atoms. The largest absolute Gasteiger partial charge is 0.493 e. The summed E-state index contributed by atoms with van der Waals surface area (Å²) in [6.45, 7) is 4.63. The zero-order valence-corrected chi connectivity index (χ0v) is 18.8. The molecule has 1 aliphatic rings. The second-order valence-electron chi connectivity index (χ2n) is 8.01. The van der Waals surface area contributed by atoms with E-state index < -0.39 is 0 Å². The van der Waals surface area contributed by atoms with E-state index in [1.165, 1.54) is 5.56 Å². The monoisotopic (exact) mass is 419 g/mol. The third kappa shape index (κ3) is 3.78. The molecule has 1 aromatic heterocycles. The minimum absolute atomic E-state index is 0.105. The normalized spacial score (nSPS) is 15.5. The Balaban J connectivity index is 1.77. The minimum Gasteiger partial charge on any atom is -0.493 e. The van der Waals surface area contributed by atoms with Crippen LogP contribution in [0.25, 0.3) is 0 Å². The molecule has 0 saturated heterocycles. The lowest BCUT2D eigenvalue weighted by atomic mass is 9.87. The van der Waals surface area contributed by atoms with E-state index in [1.54, 1.807) is 14.2 Å².